The molecule has 0 saturated carbocycles. The number of alkyl halides is 3. The van der Waals surface area contributed by atoms with Gasteiger partial charge in [0.05, 0.1) is 5.56 Å². The number of hydrogen-bond donors (Lipinski definition) is 1. The zero-order valence-corrected chi connectivity index (χ0v) is 9.60. The summed E-state index contributed by atoms with van der Waals surface area (Å²) in [6.07, 6.45) is -1.58. The molecule has 2 saturated heterocycles. The standard InChI is InChI=1S/C13H13F4N/c14-11-5-7(1-3-10(11)13(15,16)17)9-6-8-2-4-12(9)18-8/h1,3,5,8-9,12,18H,2,4,6H2/t8?,9-,12?/m1/s1. The number of fused-ring (bicyclic) bond motifs is 2. The van der Waals surface area contributed by atoms with E-state index in [1.54, 1.807) is 0 Å². The van der Waals surface area contributed by atoms with E-state index in [0.29, 0.717) is 17.6 Å². The molecule has 3 rings (SSSR count). The summed E-state index contributed by atoms with van der Waals surface area (Å²) in [4.78, 5) is 0. The van der Waals surface area contributed by atoms with Gasteiger partial charge in [-0.2, -0.15) is 13.2 Å². The van der Waals surface area contributed by atoms with Crippen molar-refractivity contribution in [2.45, 2.75) is 43.4 Å². The summed E-state index contributed by atoms with van der Waals surface area (Å²) < 4.78 is 50.9. The molecule has 2 aliphatic heterocycles. The van der Waals surface area contributed by atoms with Gasteiger partial charge in [0.2, 0.25) is 0 Å². The Morgan fingerprint density at radius 3 is 2.44 bits per heavy atom. The highest BCUT2D eigenvalue weighted by atomic mass is 19.4. The van der Waals surface area contributed by atoms with Crippen LogP contribution < -0.4 is 5.32 Å². The highest BCUT2D eigenvalue weighted by Gasteiger charge is 2.40. The fourth-order valence-electron chi connectivity index (χ4n) is 3.18. The highest BCUT2D eigenvalue weighted by molar-refractivity contribution is 5.31. The molecule has 2 bridgehead atoms. The molecule has 1 N–H and O–H groups in total. The van der Waals surface area contributed by atoms with Crippen molar-refractivity contribution in [1.29, 1.82) is 0 Å². The third-order valence-electron chi connectivity index (χ3n) is 4.03. The van der Waals surface area contributed by atoms with Crippen LogP contribution in [0.4, 0.5) is 17.6 Å². The van der Waals surface area contributed by atoms with Crippen molar-refractivity contribution in [3.63, 3.8) is 0 Å². The lowest BCUT2D eigenvalue weighted by molar-refractivity contribution is -0.140. The number of benzene rings is 1. The van der Waals surface area contributed by atoms with E-state index in [1.807, 2.05) is 0 Å². The molecule has 0 amide bonds. The Balaban J connectivity index is 1.89. The largest absolute Gasteiger partial charge is 0.419 e. The molecule has 0 spiro atoms. The average molecular weight is 259 g/mol. The molecule has 0 aliphatic carbocycles. The summed E-state index contributed by atoms with van der Waals surface area (Å²) in [6.45, 7) is 0. The summed E-state index contributed by atoms with van der Waals surface area (Å²) in [5.74, 6) is -1.01. The molecular weight excluding hydrogens is 246 g/mol. The van der Waals surface area contributed by atoms with Gasteiger partial charge in [-0.25, -0.2) is 4.39 Å². The molecule has 3 atom stereocenters. The van der Waals surface area contributed by atoms with E-state index in [4.69, 9.17) is 0 Å². The lowest BCUT2D eigenvalue weighted by Crippen LogP contribution is -2.21. The molecule has 98 valence electrons. The Hall–Kier alpha value is -1.10. The van der Waals surface area contributed by atoms with Crippen LogP contribution in [0.5, 0.6) is 0 Å². The predicted molar refractivity (Wildman–Crippen MR) is 58.7 cm³/mol. The number of halogens is 4. The lowest BCUT2D eigenvalue weighted by Gasteiger charge is -2.21. The maximum absolute atomic E-state index is 13.5. The number of rotatable bonds is 1. The molecular formula is C13H13F4N. The fraction of sp³-hybridized carbons (Fsp3) is 0.538. The van der Waals surface area contributed by atoms with E-state index in [0.717, 1.165) is 31.4 Å². The Kier molecular flexibility index (Phi) is 2.62. The van der Waals surface area contributed by atoms with Crippen molar-refractivity contribution in [2.24, 2.45) is 0 Å². The number of hydrogen-bond acceptors (Lipinski definition) is 1. The maximum atomic E-state index is 13.5. The van der Waals surface area contributed by atoms with E-state index in [-0.39, 0.29) is 5.92 Å². The van der Waals surface area contributed by atoms with Crippen LogP contribution >= 0.6 is 0 Å². The second-order valence-corrected chi connectivity index (χ2v) is 5.13. The van der Waals surface area contributed by atoms with Crippen LogP contribution in [0.1, 0.15) is 36.3 Å². The highest BCUT2D eigenvalue weighted by Crippen LogP contribution is 2.41. The van der Waals surface area contributed by atoms with Crippen molar-refractivity contribution in [2.75, 3.05) is 0 Å². The number of nitrogens with one attached hydrogen (secondary N) is 1. The van der Waals surface area contributed by atoms with E-state index in [9.17, 15) is 17.6 Å². The van der Waals surface area contributed by atoms with Crippen molar-refractivity contribution >= 4 is 0 Å². The Morgan fingerprint density at radius 2 is 1.94 bits per heavy atom. The molecule has 2 fully saturated rings. The molecule has 5 heteroatoms. The van der Waals surface area contributed by atoms with Crippen molar-refractivity contribution in [3.8, 4) is 0 Å². The van der Waals surface area contributed by atoms with Gasteiger partial charge in [-0.15, -0.1) is 0 Å². The zero-order valence-electron chi connectivity index (χ0n) is 9.60. The third-order valence-corrected chi connectivity index (χ3v) is 4.03. The third kappa shape index (κ3) is 1.90. The van der Waals surface area contributed by atoms with Crippen LogP contribution in [0.25, 0.3) is 0 Å². The molecule has 0 aromatic heterocycles. The summed E-state index contributed by atoms with van der Waals surface area (Å²) >= 11 is 0. The van der Waals surface area contributed by atoms with Gasteiger partial charge in [0.15, 0.2) is 0 Å². The first-order chi connectivity index (χ1) is 8.45. The van der Waals surface area contributed by atoms with E-state index in [2.05, 4.69) is 5.32 Å². The summed E-state index contributed by atoms with van der Waals surface area (Å²) in [5.41, 5.74) is -0.498. The first-order valence-electron chi connectivity index (χ1n) is 6.08. The van der Waals surface area contributed by atoms with Gasteiger partial charge in [-0.05, 0) is 37.0 Å². The van der Waals surface area contributed by atoms with Crippen LogP contribution in [-0.4, -0.2) is 12.1 Å². The first kappa shape index (κ1) is 12.0. The SMILES string of the molecule is Fc1cc([C@H]2CC3CCC2N3)ccc1C(F)(F)F. The predicted octanol–water partition coefficient (Wildman–Crippen LogP) is 3.45. The topological polar surface area (TPSA) is 12.0 Å². The van der Waals surface area contributed by atoms with Gasteiger partial charge in [0.25, 0.3) is 0 Å². The normalized spacial score (nSPS) is 31.0. The van der Waals surface area contributed by atoms with E-state index < -0.39 is 17.6 Å². The second-order valence-electron chi connectivity index (χ2n) is 5.13. The quantitative estimate of drug-likeness (QED) is 0.762. The van der Waals surface area contributed by atoms with E-state index >= 15 is 0 Å². The van der Waals surface area contributed by atoms with E-state index in [1.165, 1.54) is 6.07 Å². The Labute approximate surface area is 102 Å². The van der Waals surface area contributed by atoms with Crippen molar-refractivity contribution in [3.05, 3.63) is 35.1 Å². The summed E-state index contributed by atoms with van der Waals surface area (Å²) in [7, 11) is 0. The molecule has 2 unspecified atom stereocenters. The summed E-state index contributed by atoms with van der Waals surface area (Å²) in [6, 6.07) is 4.07. The molecule has 18 heavy (non-hydrogen) atoms. The molecule has 0 radical (unpaired) electrons. The molecule has 2 aliphatic rings. The molecule has 1 aromatic carbocycles. The van der Waals surface area contributed by atoms with Gasteiger partial charge >= 0.3 is 6.18 Å². The smallest absolute Gasteiger partial charge is 0.311 e. The maximum Gasteiger partial charge on any atom is 0.419 e. The second kappa shape index (κ2) is 3.95. The zero-order chi connectivity index (χ0) is 12.9. The lowest BCUT2D eigenvalue weighted by atomic mass is 9.83. The molecule has 1 aromatic rings. The van der Waals surface area contributed by atoms with Gasteiger partial charge < -0.3 is 5.32 Å². The first-order valence-corrected chi connectivity index (χ1v) is 6.08. The Bertz CT molecular complexity index is 469. The minimum absolute atomic E-state index is 0.153. The molecule has 1 nitrogen and oxygen atoms in total. The fourth-order valence-corrected chi connectivity index (χ4v) is 3.18. The van der Waals surface area contributed by atoms with Crippen LogP contribution in [0, 0.1) is 5.82 Å². The van der Waals surface area contributed by atoms with Crippen molar-refractivity contribution in [1.82, 2.24) is 5.32 Å². The van der Waals surface area contributed by atoms with Crippen LogP contribution in [0.2, 0.25) is 0 Å². The minimum Gasteiger partial charge on any atom is -0.311 e. The monoisotopic (exact) mass is 259 g/mol. The minimum atomic E-state index is -4.62. The van der Waals surface area contributed by atoms with Crippen LogP contribution in [0.15, 0.2) is 18.2 Å². The average Bonchev–Trinajstić information content (AvgIpc) is 2.88. The van der Waals surface area contributed by atoms with Gasteiger partial charge in [-0.1, -0.05) is 6.07 Å². The summed E-state index contributed by atoms with van der Waals surface area (Å²) in [5, 5.41) is 3.40. The van der Waals surface area contributed by atoms with Gasteiger partial charge in [-0.3, -0.25) is 0 Å². The Morgan fingerprint density at radius 1 is 1.17 bits per heavy atom. The van der Waals surface area contributed by atoms with Gasteiger partial charge in [0, 0.05) is 18.0 Å². The van der Waals surface area contributed by atoms with Crippen LogP contribution in [0.3, 0.4) is 0 Å². The van der Waals surface area contributed by atoms with Crippen LogP contribution in [-0.2, 0) is 6.18 Å². The van der Waals surface area contributed by atoms with Gasteiger partial charge in [0.1, 0.15) is 5.82 Å². The molecule has 2 heterocycles. The van der Waals surface area contributed by atoms with Crippen molar-refractivity contribution < 1.29 is 17.6 Å².